The Morgan fingerprint density at radius 2 is 1.65 bits per heavy atom. The maximum absolute atomic E-state index is 5.56. The number of benzene rings is 2. The number of aromatic nitrogens is 2. The topological polar surface area (TPSA) is 35.8 Å². The van der Waals surface area contributed by atoms with Crippen LogP contribution in [0.15, 0.2) is 41.8 Å². The molecule has 0 aliphatic heterocycles. The van der Waals surface area contributed by atoms with E-state index >= 15 is 0 Å². The third kappa shape index (κ3) is 2.08. The molecule has 0 N–H and O–H groups in total. The van der Waals surface area contributed by atoms with Crippen molar-refractivity contribution < 1.29 is 9.47 Å². The Morgan fingerprint density at radius 3 is 2.35 bits per heavy atom. The van der Waals surface area contributed by atoms with Crippen LogP contribution < -0.4 is 9.47 Å². The molecule has 23 heavy (non-hydrogen) atoms. The van der Waals surface area contributed by atoms with Crippen LogP contribution in [-0.2, 0) is 0 Å². The van der Waals surface area contributed by atoms with Gasteiger partial charge in [0.2, 0.25) is 0 Å². The van der Waals surface area contributed by atoms with E-state index in [1.165, 1.54) is 5.56 Å². The van der Waals surface area contributed by atoms with Gasteiger partial charge in [-0.15, -0.1) is 11.3 Å². The van der Waals surface area contributed by atoms with Crippen molar-refractivity contribution in [2.24, 2.45) is 0 Å². The van der Waals surface area contributed by atoms with Gasteiger partial charge in [-0.2, -0.15) is 0 Å². The van der Waals surface area contributed by atoms with Crippen LogP contribution >= 0.6 is 11.3 Å². The summed E-state index contributed by atoms with van der Waals surface area (Å²) in [6.45, 7) is 2.09. The smallest absolute Gasteiger partial charge is 0.195 e. The van der Waals surface area contributed by atoms with E-state index in [0.717, 1.165) is 38.8 Å². The zero-order valence-corrected chi connectivity index (χ0v) is 14.0. The maximum atomic E-state index is 5.56. The molecule has 0 fully saturated rings. The van der Waals surface area contributed by atoms with Gasteiger partial charge in [0.25, 0.3) is 0 Å². The van der Waals surface area contributed by atoms with Crippen LogP contribution in [0.2, 0.25) is 0 Å². The SMILES string of the molecule is COc1ccc(OC)c2c1nc1scc(-c3ccc(C)cc3)n12. The summed E-state index contributed by atoms with van der Waals surface area (Å²) in [7, 11) is 3.34. The van der Waals surface area contributed by atoms with Crippen molar-refractivity contribution in [2.75, 3.05) is 14.2 Å². The largest absolute Gasteiger partial charge is 0.494 e. The number of rotatable bonds is 3. The summed E-state index contributed by atoms with van der Waals surface area (Å²) >= 11 is 1.62. The molecule has 0 amide bonds. The van der Waals surface area contributed by atoms with Crippen molar-refractivity contribution in [1.29, 1.82) is 0 Å². The van der Waals surface area contributed by atoms with Crippen LogP contribution in [0.25, 0.3) is 27.3 Å². The molecule has 4 nitrogen and oxygen atoms in total. The highest BCUT2D eigenvalue weighted by atomic mass is 32.1. The van der Waals surface area contributed by atoms with Crippen molar-refractivity contribution in [3.63, 3.8) is 0 Å². The summed E-state index contributed by atoms with van der Waals surface area (Å²) in [6, 6.07) is 12.3. The van der Waals surface area contributed by atoms with Crippen LogP contribution in [0, 0.1) is 6.92 Å². The number of aryl methyl sites for hydroxylation is 1. The quantitative estimate of drug-likeness (QED) is 0.555. The van der Waals surface area contributed by atoms with E-state index in [0.29, 0.717) is 0 Å². The second kappa shape index (κ2) is 5.28. The Labute approximate surface area is 137 Å². The van der Waals surface area contributed by atoms with Crippen LogP contribution in [0.5, 0.6) is 11.5 Å². The molecule has 0 unspecified atom stereocenters. The van der Waals surface area contributed by atoms with Gasteiger partial charge in [0.05, 0.1) is 19.9 Å². The number of hydrogen-bond donors (Lipinski definition) is 0. The number of fused-ring (bicyclic) bond motifs is 3. The lowest BCUT2D eigenvalue weighted by Crippen LogP contribution is -1.92. The Balaban J connectivity index is 2.09. The first-order valence-corrected chi connectivity index (χ1v) is 8.18. The first-order chi connectivity index (χ1) is 11.2. The number of hydrogen-bond acceptors (Lipinski definition) is 4. The number of imidazole rings is 1. The van der Waals surface area contributed by atoms with Gasteiger partial charge in [-0.25, -0.2) is 4.98 Å². The lowest BCUT2D eigenvalue weighted by molar-refractivity contribution is 0.409. The predicted molar refractivity (Wildman–Crippen MR) is 93.9 cm³/mol. The Kier molecular flexibility index (Phi) is 3.23. The number of ether oxygens (including phenoxy) is 2. The fourth-order valence-electron chi connectivity index (χ4n) is 2.82. The average Bonchev–Trinajstić information content (AvgIpc) is 3.14. The zero-order valence-electron chi connectivity index (χ0n) is 13.2. The highest BCUT2D eigenvalue weighted by Gasteiger charge is 2.18. The third-order valence-electron chi connectivity index (χ3n) is 4.00. The molecule has 0 bridgehead atoms. The monoisotopic (exact) mass is 324 g/mol. The van der Waals surface area contributed by atoms with Gasteiger partial charge in [0.15, 0.2) is 4.96 Å². The van der Waals surface area contributed by atoms with E-state index < -0.39 is 0 Å². The molecule has 0 aliphatic rings. The van der Waals surface area contributed by atoms with Gasteiger partial charge in [0, 0.05) is 5.38 Å². The number of methoxy groups -OCH3 is 2. The molecule has 4 aromatic rings. The molecule has 0 saturated heterocycles. The molecule has 0 radical (unpaired) electrons. The van der Waals surface area contributed by atoms with Crippen molar-refractivity contribution in [3.05, 3.63) is 47.3 Å². The summed E-state index contributed by atoms with van der Waals surface area (Å²) in [5, 5.41) is 2.13. The summed E-state index contributed by atoms with van der Waals surface area (Å²) in [6.07, 6.45) is 0. The molecule has 0 saturated carbocycles. The van der Waals surface area contributed by atoms with E-state index in [4.69, 9.17) is 14.5 Å². The lowest BCUT2D eigenvalue weighted by Gasteiger charge is -2.07. The highest BCUT2D eigenvalue weighted by Crippen LogP contribution is 2.38. The van der Waals surface area contributed by atoms with Gasteiger partial charge in [0.1, 0.15) is 22.5 Å². The minimum atomic E-state index is 0.756. The van der Waals surface area contributed by atoms with Gasteiger partial charge in [-0.3, -0.25) is 4.40 Å². The fraction of sp³-hybridized carbons (Fsp3) is 0.167. The van der Waals surface area contributed by atoms with Crippen LogP contribution in [0.1, 0.15) is 5.56 Å². The third-order valence-corrected chi connectivity index (χ3v) is 4.83. The highest BCUT2D eigenvalue weighted by molar-refractivity contribution is 7.15. The molecule has 5 heteroatoms. The molecule has 0 aliphatic carbocycles. The standard InChI is InChI=1S/C18H16N2O2S/c1-11-4-6-12(7-5-11)13-10-23-18-19-16-14(21-2)8-9-15(22-3)17(16)20(13)18/h4-10H,1-3H3. The molecule has 4 rings (SSSR count). The van der Waals surface area contributed by atoms with E-state index in [1.54, 1.807) is 25.6 Å². The Bertz CT molecular complexity index is 999. The minimum absolute atomic E-state index is 0.756. The summed E-state index contributed by atoms with van der Waals surface area (Å²) in [5.41, 5.74) is 5.28. The van der Waals surface area contributed by atoms with Crippen LogP contribution in [0.3, 0.4) is 0 Å². The average molecular weight is 324 g/mol. The van der Waals surface area contributed by atoms with Gasteiger partial charge < -0.3 is 9.47 Å². The van der Waals surface area contributed by atoms with E-state index in [2.05, 4.69) is 41.0 Å². The van der Waals surface area contributed by atoms with E-state index in [9.17, 15) is 0 Å². The second-order valence-corrected chi connectivity index (χ2v) is 6.22. The summed E-state index contributed by atoms with van der Waals surface area (Å²) < 4.78 is 13.2. The molecule has 2 aromatic carbocycles. The Morgan fingerprint density at radius 1 is 0.957 bits per heavy atom. The molecule has 116 valence electrons. The van der Waals surface area contributed by atoms with E-state index in [1.807, 2.05) is 12.1 Å². The first kappa shape index (κ1) is 14.1. The van der Waals surface area contributed by atoms with Crippen molar-refractivity contribution in [3.8, 4) is 22.8 Å². The molecule has 2 heterocycles. The first-order valence-electron chi connectivity index (χ1n) is 7.30. The van der Waals surface area contributed by atoms with Crippen LogP contribution in [0.4, 0.5) is 0 Å². The van der Waals surface area contributed by atoms with Crippen molar-refractivity contribution in [1.82, 2.24) is 9.38 Å². The number of thiazole rings is 1. The fourth-order valence-corrected chi connectivity index (χ4v) is 3.72. The Hall–Kier alpha value is -2.53. The van der Waals surface area contributed by atoms with E-state index in [-0.39, 0.29) is 0 Å². The zero-order chi connectivity index (χ0) is 16.0. The normalized spacial score (nSPS) is 11.3. The molecule has 0 atom stereocenters. The summed E-state index contributed by atoms with van der Waals surface area (Å²) in [4.78, 5) is 5.66. The van der Waals surface area contributed by atoms with Crippen molar-refractivity contribution in [2.45, 2.75) is 6.92 Å². The number of nitrogens with zero attached hydrogens (tertiary/aromatic N) is 2. The summed E-state index contributed by atoms with van der Waals surface area (Å²) in [5.74, 6) is 1.55. The molecular weight excluding hydrogens is 308 g/mol. The second-order valence-electron chi connectivity index (χ2n) is 5.38. The molecule has 2 aromatic heterocycles. The predicted octanol–water partition coefficient (Wildman–Crippen LogP) is 4.54. The van der Waals surface area contributed by atoms with Crippen LogP contribution in [-0.4, -0.2) is 23.6 Å². The van der Waals surface area contributed by atoms with Gasteiger partial charge >= 0.3 is 0 Å². The molecular formula is C18H16N2O2S. The van der Waals surface area contributed by atoms with Gasteiger partial charge in [-0.1, -0.05) is 29.8 Å². The van der Waals surface area contributed by atoms with Gasteiger partial charge in [-0.05, 0) is 24.6 Å². The molecule has 0 spiro atoms. The maximum Gasteiger partial charge on any atom is 0.195 e. The lowest BCUT2D eigenvalue weighted by atomic mass is 10.1. The van der Waals surface area contributed by atoms with Crippen molar-refractivity contribution >= 4 is 27.3 Å². The minimum Gasteiger partial charge on any atom is -0.494 e.